The monoisotopic (exact) mass is 582 g/mol. The van der Waals surface area contributed by atoms with Crippen molar-refractivity contribution < 1.29 is 19.0 Å². The van der Waals surface area contributed by atoms with E-state index >= 15 is 0 Å². The number of methoxy groups -OCH3 is 1. The lowest BCUT2D eigenvalue weighted by atomic mass is 10.1. The number of unbranched alkanes of at least 4 members (excludes halogenated alkanes) is 1. The average Bonchev–Trinajstić information content (AvgIpc) is 3.50. The van der Waals surface area contributed by atoms with Gasteiger partial charge in [0, 0.05) is 44.4 Å². The van der Waals surface area contributed by atoms with Crippen molar-refractivity contribution in [3.05, 3.63) is 66.1 Å². The van der Waals surface area contributed by atoms with Crippen LogP contribution in [0.4, 0.5) is 17.3 Å². The van der Waals surface area contributed by atoms with Crippen LogP contribution >= 0.6 is 0 Å². The molecule has 12 heteroatoms. The lowest BCUT2D eigenvalue weighted by Crippen LogP contribution is -2.43. The molecule has 4 aromatic rings. The normalized spacial score (nSPS) is 12.8. The standard InChI is InChI=1S/C31H34N8O4/c1-21-16-23(39-13-11-33-12-14-39)9-10-25(21)43-30(40)8-3-4-15-42-27-7-5-6-26(41-2)31(27)24-17-28(38-37-24)36-29-20-34-22(18-32)19-35-29/h5-7,9-10,16-17,19-20,33H,3-4,8,11-15H2,1-2H3,(H2,35,36,37,38). The number of anilines is 3. The molecule has 0 amide bonds. The first-order valence-electron chi connectivity index (χ1n) is 14.2. The summed E-state index contributed by atoms with van der Waals surface area (Å²) in [5.74, 6) is 2.54. The minimum atomic E-state index is -0.260. The lowest BCUT2D eigenvalue weighted by molar-refractivity contribution is -0.134. The second-order valence-corrected chi connectivity index (χ2v) is 9.99. The SMILES string of the molecule is COc1cccc(OCCCCC(=O)Oc2ccc(N3CCNCC3)cc2C)c1-c1cc(Nc2cnc(C#N)cn2)n[nH]1. The van der Waals surface area contributed by atoms with Gasteiger partial charge in [-0.2, -0.15) is 10.4 Å². The molecule has 0 atom stereocenters. The summed E-state index contributed by atoms with van der Waals surface area (Å²) in [5, 5.41) is 22.6. The van der Waals surface area contributed by atoms with Crippen LogP contribution in [-0.2, 0) is 4.79 Å². The van der Waals surface area contributed by atoms with Crippen LogP contribution in [0.3, 0.4) is 0 Å². The molecule has 1 aliphatic rings. The highest BCUT2D eigenvalue weighted by molar-refractivity contribution is 5.76. The Kier molecular flexibility index (Phi) is 9.66. The Morgan fingerprint density at radius 2 is 1.88 bits per heavy atom. The summed E-state index contributed by atoms with van der Waals surface area (Å²) in [5.41, 5.74) is 3.72. The average molecular weight is 583 g/mol. The van der Waals surface area contributed by atoms with Gasteiger partial charge in [0.15, 0.2) is 11.5 Å². The molecule has 0 radical (unpaired) electrons. The van der Waals surface area contributed by atoms with Gasteiger partial charge in [-0.25, -0.2) is 9.97 Å². The van der Waals surface area contributed by atoms with Crippen LogP contribution in [0.25, 0.3) is 11.3 Å². The summed E-state index contributed by atoms with van der Waals surface area (Å²) in [4.78, 5) is 23.0. The van der Waals surface area contributed by atoms with E-state index in [1.165, 1.54) is 12.4 Å². The zero-order valence-electron chi connectivity index (χ0n) is 24.2. The lowest BCUT2D eigenvalue weighted by Gasteiger charge is -2.29. The molecule has 0 saturated carbocycles. The molecule has 5 rings (SSSR count). The largest absolute Gasteiger partial charge is 0.496 e. The number of hydrogen-bond donors (Lipinski definition) is 3. The maximum atomic E-state index is 12.5. The number of ether oxygens (including phenoxy) is 3. The molecule has 0 bridgehead atoms. The summed E-state index contributed by atoms with van der Waals surface area (Å²) < 4.78 is 17.4. The zero-order chi connectivity index (χ0) is 30.0. The molecular weight excluding hydrogens is 548 g/mol. The van der Waals surface area contributed by atoms with Gasteiger partial charge in [0.1, 0.15) is 29.1 Å². The van der Waals surface area contributed by atoms with Gasteiger partial charge >= 0.3 is 5.97 Å². The third-order valence-electron chi connectivity index (χ3n) is 6.97. The predicted molar refractivity (Wildman–Crippen MR) is 162 cm³/mol. The number of nitrogens with one attached hydrogen (secondary N) is 3. The summed E-state index contributed by atoms with van der Waals surface area (Å²) >= 11 is 0. The van der Waals surface area contributed by atoms with Crippen molar-refractivity contribution in [2.45, 2.75) is 26.2 Å². The highest BCUT2D eigenvalue weighted by Gasteiger charge is 2.17. The number of nitriles is 1. The maximum Gasteiger partial charge on any atom is 0.311 e. The summed E-state index contributed by atoms with van der Waals surface area (Å²) in [6, 6.07) is 15.3. The molecule has 3 N–H and O–H groups in total. The number of esters is 1. The van der Waals surface area contributed by atoms with E-state index in [1.807, 2.05) is 43.3 Å². The fourth-order valence-electron chi connectivity index (χ4n) is 4.76. The zero-order valence-corrected chi connectivity index (χ0v) is 24.2. The molecule has 2 aromatic carbocycles. The summed E-state index contributed by atoms with van der Waals surface area (Å²) in [6.07, 6.45) is 4.43. The van der Waals surface area contributed by atoms with Crippen molar-refractivity contribution >= 4 is 23.3 Å². The topological polar surface area (TPSA) is 150 Å². The highest BCUT2D eigenvalue weighted by atomic mass is 16.5. The minimum absolute atomic E-state index is 0.229. The van der Waals surface area contributed by atoms with Crippen LogP contribution in [0.1, 0.15) is 30.5 Å². The van der Waals surface area contributed by atoms with Crippen molar-refractivity contribution in [2.75, 3.05) is 50.1 Å². The first kappa shape index (κ1) is 29.3. The van der Waals surface area contributed by atoms with E-state index in [2.05, 4.69) is 41.8 Å². The molecule has 1 aliphatic heterocycles. The van der Waals surface area contributed by atoms with Crippen LogP contribution in [-0.4, -0.2) is 66.0 Å². The van der Waals surface area contributed by atoms with Gasteiger partial charge < -0.3 is 29.7 Å². The second-order valence-electron chi connectivity index (χ2n) is 9.99. The minimum Gasteiger partial charge on any atom is -0.496 e. The molecule has 12 nitrogen and oxygen atoms in total. The number of aryl methyl sites for hydroxylation is 1. The van der Waals surface area contributed by atoms with Crippen molar-refractivity contribution in [3.8, 4) is 34.6 Å². The molecule has 2 aromatic heterocycles. The molecule has 0 spiro atoms. The molecule has 0 aliphatic carbocycles. The van der Waals surface area contributed by atoms with E-state index in [0.717, 1.165) is 43.0 Å². The Bertz CT molecular complexity index is 1580. The predicted octanol–water partition coefficient (Wildman–Crippen LogP) is 4.36. The third-order valence-corrected chi connectivity index (χ3v) is 6.97. The van der Waals surface area contributed by atoms with Crippen LogP contribution in [0.15, 0.2) is 54.9 Å². The first-order chi connectivity index (χ1) is 21.0. The number of rotatable bonds is 12. The van der Waals surface area contributed by atoms with E-state index in [0.29, 0.717) is 60.4 Å². The van der Waals surface area contributed by atoms with Crippen molar-refractivity contribution in [1.82, 2.24) is 25.5 Å². The molecule has 3 heterocycles. The molecule has 0 unspecified atom stereocenters. The van der Waals surface area contributed by atoms with E-state index in [-0.39, 0.29) is 11.7 Å². The number of carbonyl (C=O) groups excluding carboxylic acids is 1. The van der Waals surface area contributed by atoms with Gasteiger partial charge in [0.2, 0.25) is 0 Å². The molecule has 222 valence electrons. The molecular formula is C31H34N8O4. The van der Waals surface area contributed by atoms with Gasteiger partial charge in [0.25, 0.3) is 0 Å². The fourth-order valence-corrected chi connectivity index (χ4v) is 4.76. The summed E-state index contributed by atoms with van der Waals surface area (Å²) in [7, 11) is 1.59. The van der Waals surface area contributed by atoms with Crippen LogP contribution in [0.2, 0.25) is 0 Å². The van der Waals surface area contributed by atoms with Gasteiger partial charge in [-0.05, 0) is 55.7 Å². The van der Waals surface area contributed by atoms with Gasteiger partial charge in [-0.15, -0.1) is 0 Å². The van der Waals surface area contributed by atoms with Crippen molar-refractivity contribution in [3.63, 3.8) is 0 Å². The Labute approximate surface area is 250 Å². The highest BCUT2D eigenvalue weighted by Crippen LogP contribution is 2.38. The van der Waals surface area contributed by atoms with Crippen LogP contribution in [0, 0.1) is 18.3 Å². The number of nitrogens with zero attached hydrogens (tertiary/aromatic N) is 5. The number of H-pyrrole nitrogens is 1. The fraction of sp³-hybridized carbons (Fsp3) is 0.323. The number of aromatic nitrogens is 4. The van der Waals surface area contributed by atoms with Gasteiger partial charge in [0.05, 0.1) is 37.4 Å². The van der Waals surface area contributed by atoms with E-state index in [9.17, 15) is 4.79 Å². The van der Waals surface area contributed by atoms with Crippen molar-refractivity contribution in [1.29, 1.82) is 5.26 Å². The number of aromatic amines is 1. The third kappa shape index (κ3) is 7.58. The number of carbonyl (C=O) groups is 1. The maximum absolute atomic E-state index is 12.5. The first-order valence-corrected chi connectivity index (χ1v) is 14.2. The van der Waals surface area contributed by atoms with Gasteiger partial charge in [-0.1, -0.05) is 6.07 Å². The quantitative estimate of drug-likeness (QED) is 0.124. The summed E-state index contributed by atoms with van der Waals surface area (Å²) in [6.45, 7) is 6.25. The van der Waals surface area contributed by atoms with Crippen molar-refractivity contribution in [2.24, 2.45) is 0 Å². The molecule has 43 heavy (non-hydrogen) atoms. The number of hydrogen-bond acceptors (Lipinski definition) is 11. The number of piperazine rings is 1. The van der Waals surface area contributed by atoms with Crippen LogP contribution in [0.5, 0.6) is 17.2 Å². The Morgan fingerprint density at radius 3 is 2.63 bits per heavy atom. The Morgan fingerprint density at radius 1 is 1.05 bits per heavy atom. The molecule has 1 fully saturated rings. The second kappa shape index (κ2) is 14.2. The van der Waals surface area contributed by atoms with E-state index in [1.54, 1.807) is 13.2 Å². The molecule has 1 saturated heterocycles. The van der Waals surface area contributed by atoms with E-state index in [4.69, 9.17) is 19.5 Å². The smallest absolute Gasteiger partial charge is 0.311 e. The number of benzene rings is 2. The Balaban J connectivity index is 1.13. The van der Waals surface area contributed by atoms with Gasteiger partial charge in [-0.3, -0.25) is 9.89 Å². The van der Waals surface area contributed by atoms with E-state index < -0.39 is 0 Å². The Hall–Kier alpha value is -5.15. The van der Waals surface area contributed by atoms with Crippen LogP contribution < -0.4 is 29.7 Å².